The lowest BCUT2D eigenvalue weighted by molar-refractivity contribution is 0.0448. The summed E-state index contributed by atoms with van der Waals surface area (Å²) in [5.41, 5.74) is 0.107. The molecule has 1 atom stereocenters. The highest BCUT2D eigenvalue weighted by Gasteiger charge is 2.30. The minimum atomic E-state index is -0.646. The summed E-state index contributed by atoms with van der Waals surface area (Å²) in [6, 6.07) is 0. The van der Waals surface area contributed by atoms with Gasteiger partial charge in [0.15, 0.2) is 5.65 Å². The summed E-state index contributed by atoms with van der Waals surface area (Å²) in [5.74, 6) is 1.58. The summed E-state index contributed by atoms with van der Waals surface area (Å²) < 4.78 is 0. The number of aliphatic hydroxyl groups is 1. The Morgan fingerprint density at radius 2 is 2.10 bits per heavy atom. The van der Waals surface area contributed by atoms with Crippen molar-refractivity contribution in [1.82, 2.24) is 20.2 Å². The Hall–Kier alpha value is -1.69. The number of nitrogens with zero attached hydrogens (tertiary/aromatic N) is 4. The van der Waals surface area contributed by atoms with Gasteiger partial charge in [0.25, 0.3) is 0 Å². The molecule has 6 nitrogen and oxygen atoms in total. The molecule has 0 unspecified atom stereocenters. The van der Waals surface area contributed by atoms with Gasteiger partial charge in [-0.25, -0.2) is 9.97 Å². The van der Waals surface area contributed by atoms with Gasteiger partial charge in [-0.2, -0.15) is 5.10 Å². The molecule has 0 radical (unpaired) electrons. The molecule has 20 heavy (non-hydrogen) atoms. The second-order valence-corrected chi connectivity index (χ2v) is 5.25. The van der Waals surface area contributed by atoms with Crippen molar-refractivity contribution in [2.24, 2.45) is 0 Å². The standard InChI is InChI=1S/C12H17N5O.C2H6/c1-8-14-10-9(6-13-16-10)11(15-8)17-5-3-4-12(2,18)7-17;1-2/h6,18H,3-5,7H2,1-2H3,(H,13,14,15,16);1-2H3/t12-;/m0./s1. The van der Waals surface area contributed by atoms with E-state index < -0.39 is 5.60 Å². The molecule has 1 fully saturated rings. The molecule has 3 heterocycles. The van der Waals surface area contributed by atoms with Crippen LogP contribution in [0.25, 0.3) is 11.0 Å². The summed E-state index contributed by atoms with van der Waals surface area (Å²) in [5, 5.41) is 18.0. The van der Waals surface area contributed by atoms with E-state index in [2.05, 4.69) is 25.1 Å². The molecular formula is C14H23N5O. The lowest BCUT2D eigenvalue weighted by atomic mass is 9.95. The van der Waals surface area contributed by atoms with Gasteiger partial charge < -0.3 is 10.0 Å². The molecule has 110 valence electrons. The first-order valence-corrected chi connectivity index (χ1v) is 7.20. The average Bonchev–Trinajstić information content (AvgIpc) is 2.87. The number of β-amino-alcohol motifs (C(OH)–C–C–N with tert-alkyl or cyclic N) is 1. The Labute approximate surface area is 119 Å². The molecule has 0 spiro atoms. The van der Waals surface area contributed by atoms with E-state index in [1.54, 1.807) is 6.20 Å². The summed E-state index contributed by atoms with van der Waals surface area (Å²) in [6.07, 6.45) is 3.55. The van der Waals surface area contributed by atoms with Crippen molar-refractivity contribution in [3.8, 4) is 0 Å². The zero-order valence-electron chi connectivity index (χ0n) is 12.6. The van der Waals surface area contributed by atoms with Crippen LogP contribution < -0.4 is 4.90 Å². The number of aromatic amines is 1. The van der Waals surface area contributed by atoms with Crippen LogP contribution in [0.15, 0.2) is 6.20 Å². The molecule has 0 aliphatic carbocycles. The highest BCUT2D eigenvalue weighted by molar-refractivity contribution is 5.86. The first-order chi connectivity index (χ1) is 9.55. The second-order valence-electron chi connectivity index (χ2n) is 5.25. The highest BCUT2D eigenvalue weighted by atomic mass is 16.3. The third-order valence-corrected chi connectivity index (χ3v) is 3.38. The SMILES string of the molecule is CC.Cc1nc(N2CCC[C@](C)(O)C2)c2cn[nH]c2n1. The molecule has 0 saturated carbocycles. The van der Waals surface area contributed by atoms with E-state index in [4.69, 9.17) is 0 Å². The first-order valence-electron chi connectivity index (χ1n) is 7.20. The average molecular weight is 277 g/mol. The van der Waals surface area contributed by atoms with Gasteiger partial charge in [-0.15, -0.1) is 0 Å². The minimum Gasteiger partial charge on any atom is -0.388 e. The molecule has 2 N–H and O–H groups in total. The minimum absolute atomic E-state index is 0.601. The van der Waals surface area contributed by atoms with E-state index in [1.807, 2.05) is 27.7 Å². The van der Waals surface area contributed by atoms with Gasteiger partial charge in [0, 0.05) is 13.1 Å². The van der Waals surface area contributed by atoms with Crippen molar-refractivity contribution in [2.75, 3.05) is 18.0 Å². The second kappa shape index (κ2) is 5.75. The van der Waals surface area contributed by atoms with Crippen LogP contribution in [-0.4, -0.2) is 44.0 Å². The van der Waals surface area contributed by atoms with Crippen LogP contribution in [-0.2, 0) is 0 Å². The molecule has 0 amide bonds. The molecule has 1 saturated heterocycles. The molecule has 2 aromatic rings. The first kappa shape index (κ1) is 14.7. The largest absolute Gasteiger partial charge is 0.388 e. The van der Waals surface area contributed by atoms with Gasteiger partial charge in [0.2, 0.25) is 0 Å². The van der Waals surface area contributed by atoms with Crippen LogP contribution >= 0.6 is 0 Å². The number of hydrogen-bond donors (Lipinski definition) is 2. The van der Waals surface area contributed by atoms with Crippen molar-refractivity contribution in [3.05, 3.63) is 12.0 Å². The van der Waals surface area contributed by atoms with Crippen molar-refractivity contribution in [1.29, 1.82) is 0 Å². The van der Waals surface area contributed by atoms with E-state index in [0.717, 1.165) is 36.2 Å². The van der Waals surface area contributed by atoms with Crippen LogP contribution in [0, 0.1) is 6.92 Å². The van der Waals surface area contributed by atoms with Gasteiger partial charge in [0.05, 0.1) is 17.2 Å². The number of H-pyrrole nitrogens is 1. The fourth-order valence-electron chi connectivity index (χ4n) is 2.57. The number of aryl methyl sites for hydroxylation is 1. The van der Waals surface area contributed by atoms with Crippen molar-refractivity contribution >= 4 is 16.9 Å². The Bertz CT molecular complexity index is 578. The van der Waals surface area contributed by atoms with E-state index in [-0.39, 0.29) is 0 Å². The predicted octanol–water partition coefficient (Wildman–Crippen LogP) is 2.04. The van der Waals surface area contributed by atoms with E-state index in [1.165, 1.54) is 0 Å². The maximum Gasteiger partial charge on any atom is 0.161 e. The van der Waals surface area contributed by atoms with Gasteiger partial charge >= 0.3 is 0 Å². The molecule has 6 heteroatoms. The molecule has 0 aromatic carbocycles. The van der Waals surface area contributed by atoms with Crippen LogP contribution in [0.3, 0.4) is 0 Å². The van der Waals surface area contributed by atoms with Crippen LogP contribution in [0.5, 0.6) is 0 Å². The monoisotopic (exact) mass is 277 g/mol. The number of piperidine rings is 1. The lowest BCUT2D eigenvalue weighted by Crippen LogP contribution is -2.46. The molecule has 1 aliphatic rings. The van der Waals surface area contributed by atoms with Crippen LogP contribution in [0.4, 0.5) is 5.82 Å². The third kappa shape index (κ3) is 2.90. The normalized spacial score (nSPS) is 22.6. The number of anilines is 1. The van der Waals surface area contributed by atoms with Gasteiger partial charge in [0.1, 0.15) is 11.6 Å². The summed E-state index contributed by atoms with van der Waals surface area (Å²) in [4.78, 5) is 10.9. The Morgan fingerprint density at radius 3 is 2.80 bits per heavy atom. The summed E-state index contributed by atoms with van der Waals surface area (Å²) in [6.45, 7) is 9.25. The maximum absolute atomic E-state index is 10.2. The summed E-state index contributed by atoms with van der Waals surface area (Å²) >= 11 is 0. The zero-order valence-corrected chi connectivity index (χ0v) is 12.6. The number of rotatable bonds is 1. The molecule has 1 aliphatic heterocycles. The number of aromatic nitrogens is 4. The highest BCUT2D eigenvalue weighted by Crippen LogP contribution is 2.28. The fraction of sp³-hybridized carbons (Fsp3) is 0.643. The van der Waals surface area contributed by atoms with E-state index in [9.17, 15) is 5.11 Å². The predicted molar refractivity (Wildman–Crippen MR) is 79.8 cm³/mol. The fourth-order valence-corrected chi connectivity index (χ4v) is 2.57. The number of nitrogens with one attached hydrogen (secondary N) is 1. The Kier molecular flexibility index (Phi) is 4.23. The Morgan fingerprint density at radius 1 is 1.35 bits per heavy atom. The molecule has 0 bridgehead atoms. The van der Waals surface area contributed by atoms with Crippen LogP contribution in [0.1, 0.15) is 39.4 Å². The maximum atomic E-state index is 10.2. The topological polar surface area (TPSA) is 77.9 Å². The third-order valence-electron chi connectivity index (χ3n) is 3.38. The Balaban J connectivity index is 0.000000704. The van der Waals surface area contributed by atoms with Crippen LogP contribution in [0.2, 0.25) is 0 Å². The number of hydrogen-bond acceptors (Lipinski definition) is 5. The van der Waals surface area contributed by atoms with Crippen molar-refractivity contribution < 1.29 is 5.11 Å². The van der Waals surface area contributed by atoms with Gasteiger partial charge in [-0.3, -0.25) is 5.10 Å². The smallest absolute Gasteiger partial charge is 0.161 e. The molecule has 3 rings (SSSR count). The lowest BCUT2D eigenvalue weighted by Gasteiger charge is -2.37. The quantitative estimate of drug-likeness (QED) is 0.834. The van der Waals surface area contributed by atoms with E-state index >= 15 is 0 Å². The van der Waals surface area contributed by atoms with E-state index in [0.29, 0.717) is 12.4 Å². The van der Waals surface area contributed by atoms with Gasteiger partial charge in [-0.1, -0.05) is 13.8 Å². The summed E-state index contributed by atoms with van der Waals surface area (Å²) in [7, 11) is 0. The van der Waals surface area contributed by atoms with Crippen molar-refractivity contribution in [2.45, 2.75) is 46.1 Å². The number of fused-ring (bicyclic) bond motifs is 1. The zero-order chi connectivity index (χ0) is 14.8. The molecular weight excluding hydrogens is 254 g/mol. The molecule has 2 aromatic heterocycles. The van der Waals surface area contributed by atoms with Gasteiger partial charge in [-0.05, 0) is 26.7 Å². The van der Waals surface area contributed by atoms with Crippen molar-refractivity contribution in [3.63, 3.8) is 0 Å².